The van der Waals surface area contributed by atoms with Gasteiger partial charge in [-0.05, 0) is 48.3 Å². The molecular formula is C18H16ClN3S. The summed E-state index contributed by atoms with van der Waals surface area (Å²) in [4.78, 5) is 0. The summed E-state index contributed by atoms with van der Waals surface area (Å²) in [6.07, 6.45) is 2.09. The maximum Gasteiger partial charge on any atom is 0.187 e. The van der Waals surface area contributed by atoms with E-state index >= 15 is 0 Å². The zero-order chi connectivity index (χ0) is 16.0. The van der Waals surface area contributed by atoms with Gasteiger partial charge in [0.2, 0.25) is 0 Å². The van der Waals surface area contributed by atoms with Crippen LogP contribution in [0.15, 0.2) is 53.6 Å². The van der Waals surface area contributed by atoms with Crippen molar-refractivity contribution in [3.05, 3.63) is 70.2 Å². The Labute approximate surface area is 145 Å². The molecule has 0 saturated carbocycles. The molecule has 2 aromatic carbocycles. The van der Waals surface area contributed by atoms with Crippen molar-refractivity contribution in [2.45, 2.75) is 18.9 Å². The number of hydrogen-bond acceptors (Lipinski definition) is 2. The first-order chi connectivity index (χ1) is 11.1. The van der Waals surface area contributed by atoms with Crippen LogP contribution < -0.4 is 5.73 Å². The Morgan fingerprint density at radius 1 is 1.17 bits per heavy atom. The molecule has 0 fully saturated rings. The van der Waals surface area contributed by atoms with Crippen LogP contribution in [0.25, 0.3) is 0 Å². The molecule has 0 saturated heterocycles. The third kappa shape index (κ3) is 2.42. The van der Waals surface area contributed by atoms with Crippen molar-refractivity contribution in [3.63, 3.8) is 0 Å². The van der Waals surface area contributed by atoms with E-state index in [9.17, 15) is 0 Å². The lowest BCUT2D eigenvalue weighted by atomic mass is 9.77. The minimum atomic E-state index is 0.0492. The molecule has 2 aromatic rings. The van der Waals surface area contributed by atoms with Crippen LogP contribution in [0.4, 0.5) is 0 Å². The van der Waals surface area contributed by atoms with Gasteiger partial charge in [0.25, 0.3) is 0 Å². The van der Waals surface area contributed by atoms with Gasteiger partial charge in [0.05, 0.1) is 11.8 Å². The maximum atomic E-state index is 6.03. The van der Waals surface area contributed by atoms with Crippen LogP contribution in [0.1, 0.15) is 29.2 Å². The minimum Gasteiger partial charge on any atom is -0.375 e. The zero-order valence-electron chi connectivity index (χ0n) is 12.4. The molecule has 2 N–H and O–H groups in total. The number of hydrogen-bond donors (Lipinski definition) is 1. The average Bonchev–Trinajstić information content (AvgIpc) is 2.96. The van der Waals surface area contributed by atoms with Crippen molar-refractivity contribution in [3.8, 4) is 0 Å². The lowest BCUT2D eigenvalue weighted by Crippen LogP contribution is -2.35. The van der Waals surface area contributed by atoms with Gasteiger partial charge in [-0.3, -0.25) is 0 Å². The zero-order valence-corrected chi connectivity index (χ0v) is 14.0. The second-order valence-corrected chi connectivity index (χ2v) is 6.82. The second-order valence-electron chi connectivity index (χ2n) is 5.97. The predicted molar refractivity (Wildman–Crippen MR) is 97.6 cm³/mol. The van der Waals surface area contributed by atoms with E-state index in [0.717, 1.165) is 29.1 Å². The van der Waals surface area contributed by atoms with Crippen LogP contribution in [0.2, 0.25) is 5.02 Å². The molecule has 1 aliphatic carbocycles. The highest BCUT2D eigenvalue weighted by Crippen LogP contribution is 2.43. The molecule has 0 aromatic heterocycles. The predicted octanol–water partition coefficient (Wildman–Crippen LogP) is 3.91. The number of nitrogens with two attached hydrogens (primary N) is 1. The molecule has 2 atom stereocenters. The molecule has 1 aliphatic heterocycles. The SMILES string of the molecule is NC(=S)N1N=C2c3ccccc3CC[C@H]2[C@@H]1c1ccc(Cl)cc1. The van der Waals surface area contributed by atoms with E-state index in [1.165, 1.54) is 11.1 Å². The first kappa shape index (κ1) is 14.7. The molecule has 1 heterocycles. The number of benzene rings is 2. The molecule has 0 radical (unpaired) electrons. The molecule has 5 heteroatoms. The molecule has 4 rings (SSSR count). The van der Waals surface area contributed by atoms with Crippen LogP contribution in [-0.4, -0.2) is 15.8 Å². The van der Waals surface area contributed by atoms with Gasteiger partial charge in [0.1, 0.15) is 0 Å². The van der Waals surface area contributed by atoms with Gasteiger partial charge in [0, 0.05) is 16.5 Å². The van der Waals surface area contributed by atoms with Gasteiger partial charge in [-0.25, -0.2) is 5.01 Å². The van der Waals surface area contributed by atoms with E-state index in [4.69, 9.17) is 34.7 Å². The summed E-state index contributed by atoms with van der Waals surface area (Å²) >= 11 is 11.3. The summed E-state index contributed by atoms with van der Waals surface area (Å²) in [6, 6.07) is 16.4. The highest BCUT2D eigenvalue weighted by atomic mass is 35.5. The van der Waals surface area contributed by atoms with Crippen LogP contribution in [0.3, 0.4) is 0 Å². The van der Waals surface area contributed by atoms with Crippen molar-refractivity contribution >= 4 is 34.6 Å². The number of thiocarbonyl (C=S) groups is 1. The van der Waals surface area contributed by atoms with Gasteiger partial charge in [-0.1, -0.05) is 48.0 Å². The van der Waals surface area contributed by atoms with E-state index in [0.29, 0.717) is 11.0 Å². The fourth-order valence-electron chi connectivity index (χ4n) is 3.64. The van der Waals surface area contributed by atoms with Crippen molar-refractivity contribution < 1.29 is 0 Å². The van der Waals surface area contributed by atoms with Gasteiger partial charge in [0.15, 0.2) is 5.11 Å². The number of hydrazone groups is 1. The molecule has 0 unspecified atom stereocenters. The first-order valence-corrected chi connectivity index (χ1v) is 8.44. The Bertz CT molecular complexity index is 800. The second kappa shape index (κ2) is 5.62. The van der Waals surface area contributed by atoms with Gasteiger partial charge >= 0.3 is 0 Å². The molecule has 2 aliphatic rings. The number of nitrogens with zero attached hydrogens (tertiary/aromatic N) is 2. The summed E-state index contributed by atoms with van der Waals surface area (Å²) in [5.41, 5.74) is 10.8. The normalized spacial score (nSPS) is 22.3. The van der Waals surface area contributed by atoms with Gasteiger partial charge < -0.3 is 5.73 Å². The number of halogens is 1. The first-order valence-electron chi connectivity index (χ1n) is 7.66. The van der Waals surface area contributed by atoms with Gasteiger partial charge in [-0.15, -0.1) is 0 Å². The Morgan fingerprint density at radius 3 is 2.65 bits per heavy atom. The summed E-state index contributed by atoms with van der Waals surface area (Å²) in [5, 5.41) is 7.61. The third-order valence-corrected chi connectivity index (χ3v) is 5.11. The van der Waals surface area contributed by atoms with E-state index in [-0.39, 0.29) is 6.04 Å². The fraction of sp³-hybridized carbons (Fsp3) is 0.222. The largest absolute Gasteiger partial charge is 0.375 e. The Balaban J connectivity index is 1.80. The Hall–Kier alpha value is -1.91. The average molecular weight is 342 g/mol. The third-order valence-electron chi connectivity index (χ3n) is 4.67. The summed E-state index contributed by atoms with van der Waals surface area (Å²) in [7, 11) is 0. The van der Waals surface area contributed by atoms with E-state index in [1.54, 1.807) is 5.01 Å². The lowest BCUT2D eigenvalue weighted by Gasteiger charge is -2.29. The van der Waals surface area contributed by atoms with E-state index in [2.05, 4.69) is 24.3 Å². The number of aryl methyl sites for hydroxylation is 1. The molecule has 0 amide bonds. The minimum absolute atomic E-state index is 0.0492. The highest BCUT2D eigenvalue weighted by Gasteiger charge is 2.42. The lowest BCUT2D eigenvalue weighted by molar-refractivity contribution is 0.309. The standard InChI is InChI=1S/C18H16ClN3S/c19-13-8-5-12(6-9-13)17-15-10-7-11-3-1-2-4-14(11)16(15)21-22(17)18(20)23/h1-6,8-9,15,17H,7,10H2,(H2,20,23)/t15-,17+/m1/s1. The molecule has 0 spiro atoms. The maximum absolute atomic E-state index is 6.03. The van der Waals surface area contributed by atoms with Crippen molar-refractivity contribution in [1.29, 1.82) is 0 Å². The molecular weight excluding hydrogens is 326 g/mol. The number of rotatable bonds is 1. The summed E-state index contributed by atoms with van der Waals surface area (Å²) in [5.74, 6) is 0.299. The number of fused-ring (bicyclic) bond motifs is 3. The monoisotopic (exact) mass is 341 g/mol. The van der Waals surface area contributed by atoms with E-state index in [1.807, 2.05) is 24.3 Å². The smallest absolute Gasteiger partial charge is 0.187 e. The summed E-state index contributed by atoms with van der Waals surface area (Å²) < 4.78 is 0. The quantitative estimate of drug-likeness (QED) is 0.800. The summed E-state index contributed by atoms with van der Waals surface area (Å²) in [6.45, 7) is 0. The molecule has 0 bridgehead atoms. The van der Waals surface area contributed by atoms with Crippen molar-refractivity contribution in [1.82, 2.24) is 5.01 Å². The van der Waals surface area contributed by atoms with Crippen molar-refractivity contribution in [2.75, 3.05) is 0 Å². The Kier molecular flexibility index (Phi) is 3.58. The van der Waals surface area contributed by atoms with Gasteiger partial charge in [-0.2, -0.15) is 5.10 Å². The van der Waals surface area contributed by atoms with E-state index < -0.39 is 0 Å². The van der Waals surface area contributed by atoms with Crippen LogP contribution in [0, 0.1) is 5.92 Å². The molecule has 116 valence electrons. The molecule has 3 nitrogen and oxygen atoms in total. The van der Waals surface area contributed by atoms with Crippen LogP contribution in [0.5, 0.6) is 0 Å². The van der Waals surface area contributed by atoms with Crippen molar-refractivity contribution in [2.24, 2.45) is 16.8 Å². The van der Waals surface area contributed by atoms with Crippen LogP contribution >= 0.6 is 23.8 Å². The topological polar surface area (TPSA) is 41.6 Å². The fourth-order valence-corrected chi connectivity index (χ4v) is 3.92. The van der Waals surface area contributed by atoms with Crippen LogP contribution in [-0.2, 0) is 6.42 Å². The highest BCUT2D eigenvalue weighted by molar-refractivity contribution is 7.80. The molecule has 23 heavy (non-hydrogen) atoms. The Morgan fingerprint density at radius 2 is 1.91 bits per heavy atom.